The Morgan fingerprint density at radius 2 is 1.91 bits per heavy atom. The Balaban J connectivity index is 1.59. The maximum absolute atomic E-state index is 12.0. The second kappa shape index (κ2) is 9.59. The molecule has 22 heavy (non-hydrogen) atoms. The van der Waals surface area contributed by atoms with E-state index in [0.717, 1.165) is 39.0 Å². The van der Waals surface area contributed by atoms with Crippen LogP contribution in [0, 0.1) is 0 Å². The van der Waals surface area contributed by atoms with E-state index in [-0.39, 0.29) is 5.91 Å². The van der Waals surface area contributed by atoms with Crippen LogP contribution in [-0.4, -0.2) is 49.8 Å². The molecule has 0 aliphatic carbocycles. The molecule has 4 nitrogen and oxygen atoms in total. The monoisotopic (exact) mass is 305 g/mol. The molecular weight excluding hydrogens is 278 g/mol. The molecule has 0 radical (unpaired) electrons. The van der Waals surface area contributed by atoms with Crippen LogP contribution in [0.25, 0.3) is 0 Å². The van der Waals surface area contributed by atoms with E-state index in [1.807, 2.05) is 17.9 Å². The van der Waals surface area contributed by atoms with Crippen LogP contribution in [0.3, 0.4) is 0 Å². The lowest BCUT2D eigenvalue weighted by Crippen LogP contribution is -2.41. The molecule has 4 heteroatoms. The van der Waals surface area contributed by atoms with E-state index >= 15 is 0 Å². The number of benzene rings is 1. The molecule has 0 aromatic heterocycles. The highest BCUT2D eigenvalue weighted by Gasteiger charge is 2.22. The van der Waals surface area contributed by atoms with Crippen molar-refractivity contribution in [1.29, 1.82) is 0 Å². The molecule has 0 spiro atoms. The zero-order valence-electron chi connectivity index (χ0n) is 13.5. The SMILES string of the molecule is CCOCCC(=O)N1CCC(OCCc2ccccc2)CC1. The van der Waals surface area contributed by atoms with Crippen molar-refractivity contribution in [3.63, 3.8) is 0 Å². The number of nitrogens with zero attached hydrogens (tertiary/aromatic N) is 1. The van der Waals surface area contributed by atoms with Gasteiger partial charge in [-0.05, 0) is 31.7 Å². The minimum atomic E-state index is 0.205. The summed E-state index contributed by atoms with van der Waals surface area (Å²) in [5.74, 6) is 0.205. The first kappa shape index (κ1) is 17.0. The summed E-state index contributed by atoms with van der Waals surface area (Å²) in [6, 6.07) is 10.4. The van der Waals surface area contributed by atoms with Crippen molar-refractivity contribution in [2.24, 2.45) is 0 Å². The fraction of sp³-hybridized carbons (Fsp3) is 0.611. The number of likely N-dealkylation sites (tertiary alicyclic amines) is 1. The van der Waals surface area contributed by atoms with Crippen LogP contribution in [0.4, 0.5) is 0 Å². The molecule has 0 bridgehead atoms. The number of rotatable bonds is 8. The van der Waals surface area contributed by atoms with Gasteiger partial charge < -0.3 is 14.4 Å². The molecule has 1 aromatic rings. The van der Waals surface area contributed by atoms with Crippen LogP contribution in [0.15, 0.2) is 30.3 Å². The van der Waals surface area contributed by atoms with E-state index < -0.39 is 0 Å². The molecule has 1 aromatic carbocycles. The molecule has 0 saturated carbocycles. The maximum atomic E-state index is 12.0. The largest absolute Gasteiger partial charge is 0.381 e. The molecule has 1 aliphatic heterocycles. The van der Waals surface area contributed by atoms with Crippen LogP contribution >= 0.6 is 0 Å². The van der Waals surface area contributed by atoms with Gasteiger partial charge in [-0.1, -0.05) is 30.3 Å². The van der Waals surface area contributed by atoms with Gasteiger partial charge in [-0.3, -0.25) is 4.79 Å². The second-order valence-corrected chi connectivity index (χ2v) is 5.63. The number of carbonyl (C=O) groups is 1. The zero-order chi connectivity index (χ0) is 15.6. The van der Waals surface area contributed by atoms with Crippen molar-refractivity contribution in [1.82, 2.24) is 4.90 Å². The number of hydrogen-bond acceptors (Lipinski definition) is 3. The van der Waals surface area contributed by atoms with E-state index in [1.165, 1.54) is 5.56 Å². The van der Waals surface area contributed by atoms with E-state index in [4.69, 9.17) is 9.47 Å². The second-order valence-electron chi connectivity index (χ2n) is 5.63. The first-order chi connectivity index (χ1) is 10.8. The fourth-order valence-corrected chi connectivity index (χ4v) is 2.72. The molecular formula is C18H27NO3. The Labute approximate surface area is 133 Å². The Hall–Kier alpha value is -1.39. The number of piperidine rings is 1. The van der Waals surface area contributed by atoms with Gasteiger partial charge in [0.1, 0.15) is 0 Å². The molecule has 1 saturated heterocycles. The average molecular weight is 305 g/mol. The lowest BCUT2D eigenvalue weighted by Gasteiger charge is -2.32. The lowest BCUT2D eigenvalue weighted by atomic mass is 10.1. The van der Waals surface area contributed by atoms with Gasteiger partial charge in [0.05, 0.1) is 25.7 Å². The highest BCUT2D eigenvalue weighted by Crippen LogP contribution is 2.15. The van der Waals surface area contributed by atoms with Gasteiger partial charge in [-0.2, -0.15) is 0 Å². The Morgan fingerprint density at radius 1 is 1.18 bits per heavy atom. The fourth-order valence-electron chi connectivity index (χ4n) is 2.72. The molecule has 1 aliphatic rings. The van der Waals surface area contributed by atoms with Crippen molar-refractivity contribution >= 4 is 5.91 Å². The van der Waals surface area contributed by atoms with Crippen molar-refractivity contribution in [3.8, 4) is 0 Å². The third-order valence-electron chi connectivity index (χ3n) is 4.05. The van der Waals surface area contributed by atoms with Crippen LogP contribution in [-0.2, 0) is 20.7 Å². The number of ether oxygens (including phenoxy) is 2. The van der Waals surface area contributed by atoms with Crippen LogP contribution in [0.2, 0.25) is 0 Å². The molecule has 0 atom stereocenters. The summed E-state index contributed by atoms with van der Waals surface area (Å²) < 4.78 is 11.2. The maximum Gasteiger partial charge on any atom is 0.224 e. The summed E-state index contributed by atoms with van der Waals surface area (Å²) in [6.45, 7) is 5.52. The molecule has 1 heterocycles. The number of carbonyl (C=O) groups excluding carboxylic acids is 1. The first-order valence-corrected chi connectivity index (χ1v) is 8.30. The van der Waals surface area contributed by atoms with Crippen LogP contribution in [0.5, 0.6) is 0 Å². The quantitative estimate of drug-likeness (QED) is 0.693. The van der Waals surface area contributed by atoms with Crippen molar-refractivity contribution in [3.05, 3.63) is 35.9 Å². The molecule has 1 fully saturated rings. The minimum absolute atomic E-state index is 0.205. The summed E-state index contributed by atoms with van der Waals surface area (Å²) in [7, 11) is 0. The smallest absolute Gasteiger partial charge is 0.224 e. The highest BCUT2D eigenvalue weighted by atomic mass is 16.5. The zero-order valence-corrected chi connectivity index (χ0v) is 13.5. The van der Waals surface area contributed by atoms with Gasteiger partial charge in [0.25, 0.3) is 0 Å². The van der Waals surface area contributed by atoms with E-state index in [2.05, 4.69) is 24.3 Å². The van der Waals surface area contributed by atoms with E-state index in [1.54, 1.807) is 0 Å². The number of hydrogen-bond donors (Lipinski definition) is 0. The Kier molecular flexibility index (Phi) is 7.40. The summed E-state index contributed by atoms with van der Waals surface area (Å²) in [5.41, 5.74) is 1.31. The Morgan fingerprint density at radius 3 is 2.59 bits per heavy atom. The first-order valence-electron chi connectivity index (χ1n) is 8.30. The van der Waals surface area contributed by atoms with Gasteiger partial charge in [0.2, 0.25) is 5.91 Å². The van der Waals surface area contributed by atoms with Gasteiger partial charge in [-0.15, -0.1) is 0 Å². The molecule has 0 N–H and O–H groups in total. The third kappa shape index (κ3) is 5.78. The standard InChI is InChI=1S/C18H27NO3/c1-2-21-14-11-18(20)19-12-8-17(9-13-19)22-15-10-16-6-4-3-5-7-16/h3-7,17H,2,8-15H2,1H3. The summed E-state index contributed by atoms with van der Waals surface area (Å²) in [4.78, 5) is 13.9. The Bertz CT molecular complexity index is 427. The highest BCUT2D eigenvalue weighted by molar-refractivity contribution is 5.76. The predicted molar refractivity (Wildman–Crippen MR) is 86.8 cm³/mol. The molecule has 122 valence electrons. The van der Waals surface area contributed by atoms with Crippen molar-refractivity contribution in [2.45, 2.75) is 38.7 Å². The third-order valence-corrected chi connectivity index (χ3v) is 4.05. The summed E-state index contributed by atoms with van der Waals surface area (Å²) >= 11 is 0. The van der Waals surface area contributed by atoms with Gasteiger partial charge in [0, 0.05) is 19.7 Å². The van der Waals surface area contributed by atoms with Gasteiger partial charge in [0.15, 0.2) is 0 Å². The lowest BCUT2D eigenvalue weighted by molar-refractivity contribution is -0.134. The molecule has 0 unspecified atom stereocenters. The topological polar surface area (TPSA) is 38.8 Å². The van der Waals surface area contributed by atoms with Crippen LogP contribution < -0.4 is 0 Å². The predicted octanol–water partition coefficient (Wildman–Crippen LogP) is 2.66. The van der Waals surface area contributed by atoms with E-state index in [0.29, 0.717) is 25.7 Å². The molecule has 2 rings (SSSR count). The number of amides is 1. The van der Waals surface area contributed by atoms with E-state index in [9.17, 15) is 4.79 Å². The van der Waals surface area contributed by atoms with Crippen molar-refractivity contribution in [2.75, 3.05) is 32.9 Å². The van der Waals surface area contributed by atoms with Crippen LogP contribution in [0.1, 0.15) is 31.7 Å². The van der Waals surface area contributed by atoms with Crippen molar-refractivity contribution < 1.29 is 14.3 Å². The average Bonchev–Trinajstić information content (AvgIpc) is 2.56. The summed E-state index contributed by atoms with van der Waals surface area (Å²) in [6.07, 6.45) is 3.62. The van der Waals surface area contributed by atoms with Gasteiger partial charge in [-0.25, -0.2) is 0 Å². The summed E-state index contributed by atoms with van der Waals surface area (Å²) in [5, 5.41) is 0. The van der Waals surface area contributed by atoms with Gasteiger partial charge >= 0.3 is 0 Å². The minimum Gasteiger partial charge on any atom is -0.381 e. The molecule has 1 amide bonds. The normalized spacial score (nSPS) is 16.0.